The van der Waals surface area contributed by atoms with E-state index in [1.165, 1.54) is 49.4 Å². The Bertz CT molecular complexity index is 1400. The number of benzene rings is 5. The maximum atomic E-state index is 2.31. The molecule has 0 fully saturated rings. The molecule has 0 aromatic heterocycles. The average molecular weight is 397 g/mol. The Labute approximate surface area is 183 Å². The summed E-state index contributed by atoms with van der Waals surface area (Å²) in [6.07, 6.45) is 8.51. The van der Waals surface area contributed by atoms with Crippen LogP contribution in [0.2, 0.25) is 0 Å². The minimum atomic E-state index is 1.20. The van der Waals surface area contributed by atoms with E-state index >= 15 is 0 Å². The molecule has 0 saturated heterocycles. The zero-order valence-corrected chi connectivity index (χ0v) is 17.6. The van der Waals surface area contributed by atoms with E-state index in [1.54, 1.807) is 0 Å². The van der Waals surface area contributed by atoms with Gasteiger partial charge >= 0.3 is 0 Å². The fourth-order valence-corrected chi connectivity index (χ4v) is 4.17. The molecule has 31 heavy (non-hydrogen) atoms. The molecule has 0 unspecified atom stereocenters. The van der Waals surface area contributed by atoms with Crippen LogP contribution < -0.4 is 0 Å². The van der Waals surface area contributed by atoms with Gasteiger partial charge in [-0.2, -0.15) is 0 Å². The topological polar surface area (TPSA) is 0 Å². The molecule has 5 aromatic carbocycles. The van der Waals surface area contributed by atoms with Crippen LogP contribution >= 0.6 is 0 Å². The van der Waals surface area contributed by atoms with E-state index in [4.69, 9.17) is 0 Å². The van der Waals surface area contributed by atoms with Gasteiger partial charge < -0.3 is 0 Å². The van der Waals surface area contributed by atoms with E-state index in [9.17, 15) is 0 Å². The highest BCUT2D eigenvalue weighted by molar-refractivity contribution is 6.13. The largest absolute Gasteiger partial charge is 0.0871 e. The van der Waals surface area contributed by atoms with Crippen LogP contribution in [0.15, 0.2) is 109 Å². The molecule has 0 heteroatoms. The molecule has 5 aromatic rings. The van der Waals surface area contributed by atoms with E-state index < -0.39 is 0 Å². The maximum absolute atomic E-state index is 2.31. The van der Waals surface area contributed by atoms with Gasteiger partial charge in [0.15, 0.2) is 0 Å². The summed E-state index contributed by atoms with van der Waals surface area (Å²) >= 11 is 0. The highest BCUT2D eigenvalue weighted by Gasteiger charge is 2.07. The van der Waals surface area contributed by atoms with Crippen LogP contribution in [0.5, 0.6) is 0 Å². The normalized spacial score (nSPS) is 11.8. The Kier molecular flexibility index (Phi) is 5.21. The van der Waals surface area contributed by atoms with Crippen LogP contribution in [-0.4, -0.2) is 0 Å². The molecule has 0 radical (unpaired) electrons. The molecule has 0 amide bonds. The van der Waals surface area contributed by atoms with Gasteiger partial charge in [-0.15, -0.1) is 0 Å². The summed E-state index contributed by atoms with van der Waals surface area (Å²) in [7, 11) is 0. The van der Waals surface area contributed by atoms with Crippen LogP contribution in [0.4, 0.5) is 0 Å². The van der Waals surface area contributed by atoms with Crippen molar-refractivity contribution < 1.29 is 0 Å². The predicted molar refractivity (Wildman–Crippen MR) is 137 cm³/mol. The molecule has 148 valence electrons. The van der Waals surface area contributed by atoms with Crippen LogP contribution in [0.25, 0.3) is 50.9 Å². The SMILES string of the molecule is CC=Cc1ccc(C=Cc2ccc(-c3cc4ccccc4c4ccccc34)cc2)cc1. The van der Waals surface area contributed by atoms with Crippen molar-refractivity contribution in [1.82, 2.24) is 0 Å². The van der Waals surface area contributed by atoms with Crippen LogP contribution in [0.1, 0.15) is 23.6 Å². The molecule has 0 saturated carbocycles. The van der Waals surface area contributed by atoms with E-state index in [0.29, 0.717) is 0 Å². The predicted octanol–water partition coefficient (Wildman–Crippen LogP) is 8.86. The summed E-state index contributed by atoms with van der Waals surface area (Å²) < 4.78 is 0. The first-order valence-corrected chi connectivity index (χ1v) is 10.7. The molecule has 0 bridgehead atoms. The van der Waals surface area contributed by atoms with E-state index in [0.717, 1.165) is 0 Å². The van der Waals surface area contributed by atoms with Gasteiger partial charge in [-0.1, -0.05) is 121 Å². The van der Waals surface area contributed by atoms with Gasteiger partial charge in [0.05, 0.1) is 0 Å². The molecule has 0 aliphatic rings. The van der Waals surface area contributed by atoms with Crippen molar-refractivity contribution in [1.29, 1.82) is 0 Å². The molecular formula is C31H24. The molecule has 0 atom stereocenters. The van der Waals surface area contributed by atoms with Crippen molar-refractivity contribution in [3.8, 4) is 11.1 Å². The number of rotatable bonds is 4. The van der Waals surface area contributed by atoms with Crippen LogP contribution in [0, 0.1) is 0 Å². The van der Waals surface area contributed by atoms with Crippen molar-refractivity contribution in [2.45, 2.75) is 6.92 Å². The molecule has 0 heterocycles. The van der Waals surface area contributed by atoms with Gasteiger partial charge in [0, 0.05) is 0 Å². The Morgan fingerprint density at radius 2 is 1.00 bits per heavy atom. The third-order valence-electron chi connectivity index (χ3n) is 5.75. The first-order valence-electron chi connectivity index (χ1n) is 10.7. The first-order chi connectivity index (χ1) is 15.3. The van der Waals surface area contributed by atoms with Crippen molar-refractivity contribution in [3.05, 3.63) is 126 Å². The van der Waals surface area contributed by atoms with E-state index in [2.05, 4.69) is 127 Å². The fraction of sp³-hybridized carbons (Fsp3) is 0.0323. The Balaban J connectivity index is 1.48. The van der Waals surface area contributed by atoms with Gasteiger partial charge in [0.25, 0.3) is 0 Å². The van der Waals surface area contributed by atoms with Gasteiger partial charge in [-0.05, 0) is 62.4 Å². The van der Waals surface area contributed by atoms with Crippen LogP contribution in [-0.2, 0) is 0 Å². The molecule has 0 aliphatic carbocycles. The van der Waals surface area contributed by atoms with Crippen molar-refractivity contribution >= 4 is 39.8 Å². The van der Waals surface area contributed by atoms with Crippen LogP contribution in [0.3, 0.4) is 0 Å². The Hall–Kier alpha value is -3.90. The lowest BCUT2D eigenvalue weighted by Crippen LogP contribution is -1.85. The lowest BCUT2D eigenvalue weighted by atomic mass is 9.93. The summed E-state index contributed by atoms with van der Waals surface area (Å²) in [4.78, 5) is 0. The Morgan fingerprint density at radius 3 is 1.65 bits per heavy atom. The second-order valence-corrected chi connectivity index (χ2v) is 7.81. The zero-order valence-electron chi connectivity index (χ0n) is 17.6. The summed E-state index contributed by atoms with van der Waals surface area (Å²) in [5.74, 6) is 0. The highest BCUT2D eigenvalue weighted by Crippen LogP contribution is 2.34. The lowest BCUT2D eigenvalue weighted by Gasteiger charge is -2.11. The molecule has 5 rings (SSSR count). The Morgan fingerprint density at radius 1 is 0.484 bits per heavy atom. The van der Waals surface area contributed by atoms with Gasteiger partial charge in [0.2, 0.25) is 0 Å². The quantitative estimate of drug-likeness (QED) is 0.210. The average Bonchev–Trinajstić information content (AvgIpc) is 2.84. The molecule has 0 nitrogen and oxygen atoms in total. The third-order valence-corrected chi connectivity index (χ3v) is 5.75. The van der Waals surface area contributed by atoms with Gasteiger partial charge in [-0.25, -0.2) is 0 Å². The maximum Gasteiger partial charge on any atom is -0.00990 e. The summed E-state index contributed by atoms with van der Waals surface area (Å²) in [6, 6.07) is 37.1. The number of allylic oxidation sites excluding steroid dienone is 1. The van der Waals surface area contributed by atoms with E-state index in [-0.39, 0.29) is 0 Å². The standard InChI is InChI=1S/C31H24/c1-2-7-23-12-14-24(15-13-23)16-17-25-18-20-26(21-19-25)31-22-27-8-3-4-9-28(27)29-10-5-6-11-30(29)31/h2-22H,1H3. The second kappa shape index (κ2) is 8.45. The van der Waals surface area contributed by atoms with Gasteiger partial charge in [0.1, 0.15) is 0 Å². The van der Waals surface area contributed by atoms with Crippen molar-refractivity contribution in [2.75, 3.05) is 0 Å². The number of hydrogen-bond acceptors (Lipinski definition) is 0. The fourth-order valence-electron chi connectivity index (χ4n) is 4.17. The molecule has 0 N–H and O–H groups in total. The molecule has 0 aliphatic heterocycles. The summed E-state index contributed by atoms with van der Waals surface area (Å²) in [5.41, 5.74) is 6.16. The first kappa shape index (κ1) is 19.1. The number of fused-ring (bicyclic) bond motifs is 3. The minimum Gasteiger partial charge on any atom is -0.0871 e. The minimum absolute atomic E-state index is 1.20. The zero-order chi connectivity index (χ0) is 21.0. The second-order valence-electron chi connectivity index (χ2n) is 7.81. The smallest absolute Gasteiger partial charge is 0.00990 e. The monoisotopic (exact) mass is 396 g/mol. The lowest BCUT2D eigenvalue weighted by molar-refractivity contribution is 1.61. The summed E-state index contributed by atoms with van der Waals surface area (Å²) in [6.45, 7) is 2.04. The van der Waals surface area contributed by atoms with Crippen molar-refractivity contribution in [3.63, 3.8) is 0 Å². The third kappa shape index (κ3) is 3.93. The molecular weight excluding hydrogens is 372 g/mol. The number of hydrogen-bond donors (Lipinski definition) is 0. The van der Waals surface area contributed by atoms with Crippen molar-refractivity contribution in [2.24, 2.45) is 0 Å². The van der Waals surface area contributed by atoms with E-state index in [1.807, 2.05) is 6.92 Å². The highest BCUT2D eigenvalue weighted by atomic mass is 14.1. The summed E-state index contributed by atoms with van der Waals surface area (Å²) in [5, 5.41) is 5.19. The van der Waals surface area contributed by atoms with Gasteiger partial charge in [-0.3, -0.25) is 0 Å². The molecule has 0 spiro atoms.